The Hall–Kier alpha value is -5.29. The van der Waals surface area contributed by atoms with Crippen molar-refractivity contribution in [1.82, 2.24) is 4.90 Å². The number of piperidine rings is 1. The number of benzene rings is 3. The van der Waals surface area contributed by atoms with Crippen molar-refractivity contribution in [1.29, 1.82) is 0 Å². The van der Waals surface area contributed by atoms with Gasteiger partial charge in [-0.15, -0.1) is 11.3 Å². The molecule has 63 heavy (non-hydrogen) atoms. The number of carbonyl (C=O) groups excluding carboxylic acids is 5. The number of rotatable bonds is 15. The largest absolute Gasteiger partial charge is 0.544 e. The van der Waals surface area contributed by atoms with E-state index in [0.717, 1.165) is 58.8 Å². The van der Waals surface area contributed by atoms with E-state index in [1.165, 1.54) is 30.6 Å². The summed E-state index contributed by atoms with van der Waals surface area (Å²) >= 11 is 1.37. The van der Waals surface area contributed by atoms with Crippen LogP contribution in [-0.4, -0.2) is 107 Å². The minimum atomic E-state index is -2.13. The molecule has 14 nitrogen and oxygen atoms in total. The smallest absolute Gasteiger partial charge is 0.339 e. The molecule has 2 aliphatic heterocycles. The summed E-state index contributed by atoms with van der Waals surface area (Å²) in [5.41, 5.74) is 1.76. The van der Waals surface area contributed by atoms with Gasteiger partial charge in [0.1, 0.15) is 23.9 Å². The lowest BCUT2D eigenvalue weighted by Crippen LogP contribution is -2.64. The van der Waals surface area contributed by atoms with Crippen LogP contribution >= 0.6 is 11.3 Å². The van der Waals surface area contributed by atoms with Crippen molar-refractivity contribution in [2.45, 2.75) is 110 Å². The van der Waals surface area contributed by atoms with Crippen molar-refractivity contribution in [2.75, 3.05) is 33.4 Å². The Morgan fingerprint density at radius 2 is 1.35 bits per heavy atom. The molecule has 16 heteroatoms. The highest BCUT2D eigenvalue weighted by Gasteiger charge is 2.56. The van der Waals surface area contributed by atoms with Crippen molar-refractivity contribution >= 4 is 59.4 Å². The summed E-state index contributed by atoms with van der Waals surface area (Å²) in [6.07, 6.45) is -4.05. The van der Waals surface area contributed by atoms with Gasteiger partial charge in [-0.25, -0.2) is 4.79 Å². The number of thiophene rings is 1. The van der Waals surface area contributed by atoms with E-state index in [0.29, 0.717) is 38.4 Å². The van der Waals surface area contributed by atoms with E-state index in [4.69, 9.17) is 37.6 Å². The fraction of sp³-hybridized carbons (Fsp3) is 0.468. The number of hydrogen-bond donors (Lipinski definition) is 0. The third kappa shape index (κ3) is 11.5. The first kappa shape index (κ1) is 47.2. The minimum absolute atomic E-state index is 0.00306. The average Bonchev–Trinajstić information content (AvgIpc) is 3.61. The van der Waals surface area contributed by atoms with Gasteiger partial charge in [0, 0.05) is 53.4 Å². The number of hydrogen-bond acceptors (Lipinski definition) is 15. The summed E-state index contributed by atoms with van der Waals surface area (Å²) in [5.74, 6) is -1.92. The molecule has 338 valence electrons. The van der Waals surface area contributed by atoms with Crippen LogP contribution in [0.1, 0.15) is 76.7 Å². The summed E-state index contributed by atoms with van der Waals surface area (Å²) < 4.78 is 47.0. The highest BCUT2D eigenvalue weighted by atomic mass is 32.1. The van der Waals surface area contributed by atoms with E-state index in [-0.39, 0.29) is 16.6 Å². The van der Waals surface area contributed by atoms with Gasteiger partial charge in [0.2, 0.25) is 20.7 Å². The Balaban J connectivity index is 1.35. The molecule has 0 saturated carbocycles. The second-order valence-corrected chi connectivity index (χ2v) is 23.0. The van der Waals surface area contributed by atoms with Crippen LogP contribution in [0.5, 0.6) is 17.2 Å². The third-order valence-electron chi connectivity index (χ3n) is 11.5. The van der Waals surface area contributed by atoms with Gasteiger partial charge in [-0.1, -0.05) is 27.2 Å². The van der Waals surface area contributed by atoms with Crippen LogP contribution in [0.25, 0.3) is 20.5 Å². The first-order valence-electron chi connectivity index (χ1n) is 21.1. The van der Waals surface area contributed by atoms with Gasteiger partial charge in [-0.05, 0) is 116 Å². The van der Waals surface area contributed by atoms with Gasteiger partial charge in [-0.3, -0.25) is 24.1 Å². The lowest BCUT2D eigenvalue weighted by Gasteiger charge is -2.43. The zero-order valence-electron chi connectivity index (χ0n) is 37.4. The molecule has 2 fully saturated rings. The molecule has 0 amide bonds. The van der Waals surface area contributed by atoms with Crippen molar-refractivity contribution in [2.24, 2.45) is 0 Å². The highest BCUT2D eigenvalue weighted by Crippen LogP contribution is 2.43. The molecule has 0 N–H and O–H groups in total. The number of nitrogens with zero attached hydrogens (tertiary/aromatic N) is 1. The van der Waals surface area contributed by atoms with Gasteiger partial charge >= 0.3 is 23.9 Å². The normalized spacial score (nSPS) is 20.6. The maximum Gasteiger partial charge on any atom is 0.339 e. The lowest BCUT2D eigenvalue weighted by molar-refractivity contribution is -0.282. The molecule has 2 aliphatic rings. The van der Waals surface area contributed by atoms with Crippen molar-refractivity contribution in [3.63, 3.8) is 0 Å². The molecule has 6 rings (SSSR count). The molecule has 0 unspecified atom stereocenters. The second-order valence-electron chi connectivity index (χ2n) is 17.2. The average molecular weight is 904 g/mol. The van der Waals surface area contributed by atoms with Crippen LogP contribution in [-0.2, 0) is 42.9 Å². The molecule has 3 aromatic carbocycles. The number of ketones is 1. The fourth-order valence-corrected chi connectivity index (χ4v) is 9.60. The topological polar surface area (TPSA) is 162 Å². The molecule has 5 atom stereocenters. The molecule has 3 heterocycles. The molecule has 4 aromatic rings. The maximum absolute atomic E-state index is 14.6. The van der Waals surface area contributed by atoms with E-state index < -0.39 is 62.9 Å². The molecule has 1 aromatic heterocycles. The van der Waals surface area contributed by atoms with E-state index in [1.54, 1.807) is 30.3 Å². The molecule has 0 aliphatic carbocycles. The number of carbonyl (C=O) groups is 5. The van der Waals surface area contributed by atoms with Gasteiger partial charge in [0.15, 0.2) is 24.1 Å². The quantitative estimate of drug-likeness (QED) is 0.0487. The van der Waals surface area contributed by atoms with Crippen LogP contribution in [0.15, 0.2) is 66.7 Å². The van der Waals surface area contributed by atoms with E-state index in [2.05, 4.69) is 38.8 Å². The standard InChI is InChI=1S/C47H57NO13SSi/c1-28(49)56-40-41(57-29(2)50)43(58-30(3)51)46(60-42(40)45(53)54-7)59-35-21-22-36-37(27-35)62-44(32-15-19-34(20-16-32)61-63(8,9)47(4,5)6)38(36)39(52)31-13-17-33(18-14-31)55-26-25-48-23-11-10-12-24-48/h13-22,27,40-43,46H,10-12,23-26H2,1-9H3/t40-,41-,42-,43+,46+/m0/s1. The molecular formula is C47H57NO13SSi. The summed E-state index contributed by atoms with van der Waals surface area (Å²) in [6.45, 7) is 17.8. The van der Waals surface area contributed by atoms with Crippen LogP contribution in [0.4, 0.5) is 0 Å². The first-order valence-corrected chi connectivity index (χ1v) is 24.8. The number of ether oxygens (including phenoxy) is 7. The van der Waals surface area contributed by atoms with E-state index in [1.807, 2.05) is 36.4 Å². The van der Waals surface area contributed by atoms with Crippen LogP contribution in [0.2, 0.25) is 18.1 Å². The van der Waals surface area contributed by atoms with Crippen molar-refractivity contribution in [3.8, 4) is 27.7 Å². The Morgan fingerprint density at radius 3 is 1.95 bits per heavy atom. The van der Waals surface area contributed by atoms with Gasteiger partial charge in [-0.2, -0.15) is 0 Å². The first-order chi connectivity index (χ1) is 29.8. The molecule has 0 radical (unpaired) electrons. The van der Waals surface area contributed by atoms with Gasteiger partial charge in [0.05, 0.1) is 7.11 Å². The minimum Gasteiger partial charge on any atom is -0.544 e. The number of methoxy groups -OCH3 is 1. The maximum atomic E-state index is 14.6. The number of likely N-dealkylation sites (tertiary alicyclic amines) is 1. The third-order valence-corrected chi connectivity index (χ3v) is 17.1. The fourth-order valence-electron chi connectivity index (χ4n) is 7.33. The second kappa shape index (κ2) is 20.0. The molecule has 0 bridgehead atoms. The SMILES string of the molecule is COC(=O)[C@H]1O[C@@H](Oc2ccc3c(C(=O)c4ccc(OCCN5CCCCC5)cc4)c(-c4ccc(O[Si](C)(C)C(C)(C)C)cc4)sc3c2)[C@H](OC(C)=O)[C@@H](OC(C)=O)[C@@H]1OC(C)=O. The zero-order valence-corrected chi connectivity index (χ0v) is 39.2. The predicted molar refractivity (Wildman–Crippen MR) is 239 cm³/mol. The number of fused-ring (bicyclic) bond motifs is 1. The monoisotopic (exact) mass is 903 g/mol. The van der Waals surface area contributed by atoms with Crippen molar-refractivity contribution in [3.05, 3.63) is 77.9 Å². The van der Waals surface area contributed by atoms with Crippen LogP contribution in [0, 0.1) is 0 Å². The summed E-state index contributed by atoms with van der Waals surface area (Å²) in [7, 11) is -1.02. The summed E-state index contributed by atoms with van der Waals surface area (Å²) in [4.78, 5) is 67.7. The van der Waals surface area contributed by atoms with Crippen LogP contribution < -0.4 is 13.9 Å². The highest BCUT2D eigenvalue weighted by molar-refractivity contribution is 7.22. The van der Waals surface area contributed by atoms with E-state index in [9.17, 15) is 24.0 Å². The predicted octanol–water partition coefficient (Wildman–Crippen LogP) is 8.12. The Morgan fingerprint density at radius 1 is 0.762 bits per heavy atom. The van der Waals surface area contributed by atoms with Gasteiger partial charge < -0.3 is 37.6 Å². The lowest BCUT2D eigenvalue weighted by atomic mass is 9.97. The van der Waals surface area contributed by atoms with Crippen molar-refractivity contribution < 1.29 is 61.6 Å². The van der Waals surface area contributed by atoms with Crippen LogP contribution in [0.3, 0.4) is 0 Å². The molecule has 2 saturated heterocycles. The molecule has 0 spiro atoms. The van der Waals surface area contributed by atoms with E-state index >= 15 is 0 Å². The number of esters is 4. The zero-order chi connectivity index (χ0) is 45.6. The van der Waals surface area contributed by atoms with Gasteiger partial charge in [0.25, 0.3) is 0 Å². The summed E-state index contributed by atoms with van der Waals surface area (Å²) in [6, 6.07) is 20.0. The summed E-state index contributed by atoms with van der Waals surface area (Å²) in [5, 5.41) is 0.647. The Kier molecular flexibility index (Phi) is 15.0. The molecular weight excluding hydrogens is 847 g/mol. The Bertz CT molecular complexity index is 2280. The Labute approximate surface area is 373 Å².